The number of halogens is 1. The molecule has 106 valence electrons. The molecule has 0 aliphatic carbocycles. The summed E-state index contributed by atoms with van der Waals surface area (Å²) in [5, 5.41) is 7.57. The number of hydrogen-bond acceptors (Lipinski definition) is 3. The molecule has 1 amide bonds. The van der Waals surface area contributed by atoms with Gasteiger partial charge in [-0.3, -0.25) is 9.48 Å². The lowest BCUT2D eigenvalue weighted by Gasteiger charge is -2.27. The molecule has 1 aromatic carbocycles. The molecule has 0 aliphatic rings. The first-order valence-corrected chi connectivity index (χ1v) is 6.55. The molecule has 0 aliphatic heterocycles. The number of hydrogen-bond donors (Lipinski definition) is 2. The number of carbonyl (C=O) groups excluding carboxylic acids is 1. The topological polar surface area (TPSA) is 72.9 Å². The zero-order valence-corrected chi connectivity index (χ0v) is 12.4. The van der Waals surface area contributed by atoms with E-state index in [9.17, 15) is 4.79 Å². The zero-order valence-electron chi connectivity index (χ0n) is 11.6. The minimum absolute atomic E-state index is 0.254. The molecule has 1 aromatic heterocycles. The number of nitrogen functional groups attached to an aromatic ring is 1. The Bertz CT molecular complexity index is 631. The molecule has 5 nitrogen and oxygen atoms in total. The summed E-state index contributed by atoms with van der Waals surface area (Å²) in [4.78, 5) is 12.3. The summed E-state index contributed by atoms with van der Waals surface area (Å²) in [6.07, 6.45) is 1.46. The van der Waals surface area contributed by atoms with Gasteiger partial charge in [0.2, 0.25) is 0 Å². The van der Waals surface area contributed by atoms with Crippen LogP contribution in [-0.2, 0) is 12.6 Å². The van der Waals surface area contributed by atoms with Gasteiger partial charge in [0, 0.05) is 12.1 Å². The van der Waals surface area contributed by atoms with E-state index in [0.717, 1.165) is 5.56 Å². The minimum atomic E-state index is -0.538. The lowest BCUT2D eigenvalue weighted by molar-refractivity contribution is 0.0913. The van der Waals surface area contributed by atoms with Gasteiger partial charge in [0.1, 0.15) is 11.4 Å². The van der Waals surface area contributed by atoms with E-state index in [4.69, 9.17) is 17.3 Å². The van der Waals surface area contributed by atoms with Crippen LogP contribution >= 0.6 is 11.6 Å². The Morgan fingerprint density at radius 3 is 2.45 bits per heavy atom. The van der Waals surface area contributed by atoms with Crippen molar-refractivity contribution in [2.75, 3.05) is 5.73 Å². The molecule has 0 unspecified atom stereocenters. The summed E-state index contributed by atoms with van der Waals surface area (Å²) in [5.74, 6) is 0.0879. The van der Waals surface area contributed by atoms with Crippen molar-refractivity contribution in [1.29, 1.82) is 0 Å². The standard InChI is InChI=1S/C14H17ClN4O/c1-14(2,9-4-6-10(15)7-5-9)18-13(20)11-8-17-19(3)12(11)16/h4-8H,16H2,1-3H3,(H,18,20). The van der Waals surface area contributed by atoms with Crippen LogP contribution in [0.2, 0.25) is 5.02 Å². The molecule has 20 heavy (non-hydrogen) atoms. The number of nitrogens with zero attached hydrogens (tertiary/aromatic N) is 2. The Labute approximate surface area is 122 Å². The van der Waals surface area contributed by atoms with Crippen LogP contribution in [0.1, 0.15) is 29.8 Å². The molecular weight excluding hydrogens is 276 g/mol. The third kappa shape index (κ3) is 2.77. The monoisotopic (exact) mass is 292 g/mol. The summed E-state index contributed by atoms with van der Waals surface area (Å²) in [6, 6.07) is 7.36. The lowest BCUT2D eigenvalue weighted by Crippen LogP contribution is -2.41. The lowest BCUT2D eigenvalue weighted by atomic mass is 9.94. The number of nitrogens with one attached hydrogen (secondary N) is 1. The predicted octanol–water partition coefficient (Wildman–Crippen LogP) is 2.32. The van der Waals surface area contributed by atoms with E-state index in [0.29, 0.717) is 16.4 Å². The normalized spacial score (nSPS) is 11.4. The van der Waals surface area contributed by atoms with Crippen molar-refractivity contribution in [2.45, 2.75) is 19.4 Å². The summed E-state index contributed by atoms with van der Waals surface area (Å²) in [6.45, 7) is 3.83. The van der Waals surface area contributed by atoms with Crippen molar-refractivity contribution in [3.63, 3.8) is 0 Å². The van der Waals surface area contributed by atoms with Gasteiger partial charge in [-0.15, -0.1) is 0 Å². The number of anilines is 1. The number of nitrogens with two attached hydrogens (primary N) is 1. The van der Waals surface area contributed by atoms with E-state index in [2.05, 4.69) is 10.4 Å². The second-order valence-corrected chi connectivity index (χ2v) is 5.59. The van der Waals surface area contributed by atoms with E-state index in [1.54, 1.807) is 19.2 Å². The number of carbonyl (C=O) groups is 1. The van der Waals surface area contributed by atoms with Crippen LogP contribution in [0, 0.1) is 0 Å². The van der Waals surface area contributed by atoms with Crippen LogP contribution in [0.3, 0.4) is 0 Å². The van der Waals surface area contributed by atoms with Gasteiger partial charge in [0.25, 0.3) is 5.91 Å². The second kappa shape index (κ2) is 5.17. The first-order chi connectivity index (χ1) is 9.31. The molecule has 2 aromatic rings. The van der Waals surface area contributed by atoms with Crippen molar-refractivity contribution < 1.29 is 4.79 Å². The molecule has 2 rings (SSSR count). The molecule has 1 heterocycles. The largest absolute Gasteiger partial charge is 0.383 e. The van der Waals surface area contributed by atoms with Crippen LogP contribution in [0.15, 0.2) is 30.5 Å². The summed E-state index contributed by atoms with van der Waals surface area (Å²) < 4.78 is 1.46. The molecule has 0 bridgehead atoms. The molecule has 0 saturated heterocycles. The van der Waals surface area contributed by atoms with Gasteiger partial charge in [-0.05, 0) is 31.5 Å². The number of rotatable bonds is 3. The van der Waals surface area contributed by atoms with Crippen molar-refractivity contribution in [3.8, 4) is 0 Å². The molecule has 0 radical (unpaired) electrons. The average molecular weight is 293 g/mol. The molecule has 0 atom stereocenters. The maximum Gasteiger partial charge on any atom is 0.257 e. The Morgan fingerprint density at radius 2 is 1.95 bits per heavy atom. The fraction of sp³-hybridized carbons (Fsp3) is 0.286. The van der Waals surface area contributed by atoms with Gasteiger partial charge >= 0.3 is 0 Å². The Kier molecular flexibility index (Phi) is 3.72. The van der Waals surface area contributed by atoms with Gasteiger partial charge in [-0.2, -0.15) is 5.10 Å². The SMILES string of the molecule is Cn1ncc(C(=O)NC(C)(C)c2ccc(Cl)cc2)c1N. The van der Waals surface area contributed by atoms with Gasteiger partial charge in [-0.1, -0.05) is 23.7 Å². The molecule has 3 N–H and O–H groups in total. The molecule has 0 spiro atoms. The highest BCUT2D eigenvalue weighted by Crippen LogP contribution is 2.23. The fourth-order valence-corrected chi connectivity index (χ4v) is 2.04. The molecule has 6 heteroatoms. The van der Waals surface area contributed by atoms with E-state index in [1.807, 2.05) is 26.0 Å². The van der Waals surface area contributed by atoms with E-state index >= 15 is 0 Å². The van der Waals surface area contributed by atoms with Crippen molar-refractivity contribution in [1.82, 2.24) is 15.1 Å². The number of aromatic nitrogens is 2. The van der Waals surface area contributed by atoms with Gasteiger partial charge in [0.05, 0.1) is 11.7 Å². The smallest absolute Gasteiger partial charge is 0.257 e. The predicted molar refractivity (Wildman–Crippen MR) is 79.6 cm³/mol. The van der Waals surface area contributed by atoms with E-state index < -0.39 is 5.54 Å². The van der Waals surface area contributed by atoms with Crippen molar-refractivity contribution in [2.24, 2.45) is 7.05 Å². The van der Waals surface area contributed by atoms with Crippen LogP contribution < -0.4 is 11.1 Å². The highest BCUT2D eigenvalue weighted by Gasteiger charge is 2.25. The van der Waals surface area contributed by atoms with Gasteiger partial charge in [0.15, 0.2) is 0 Å². The highest BCUT2D eigenvalue weighted by atomic mass is 35.5. The average Bonchev–Trinajstić information content (AvgIpc) is 2.70. The van der Waals surface area contributed by atoms with Gasteiger partial charge in [-0.25, -0.2) is 0 Å². The zero-order chi connectivity index (χ0) is 14.9. The quantitative estimate of drug-likeness (QED) is 0.912. The Morgan fingerprint density at radius 1 is 1.35 bits per heavy atom. The summed E-state index contributed by atoms with van der Waals surface area (Å²) >= 11 is 5.87. The van der Waals surface area contributed by atoms with Crippen LogP contribution in [0.5, 0.6) is 0 Å². The highest BCUT2D eigenvalue weighted by molar-refractivity contribution is 6.30. The van der Waals surface area contributed by atoms with Crippen LogP contribution in [0.25, 0.3) is 0 Å². The van der Waals surface area contributed by atoms with E-state index in [-0.39, 0.29) is 5.91 Å². The summed E-state index contributed by atoms with van der Waals surface area (Å²) in [7, 11) is 1.69. The Hall–Kier alpha value is -2.01. The second-order valence-electron chi connectivity index (χ2n) is 5.15. The van der Waals surface area contributed by atoms with Crippen LogP contribution in [-0.4, -0.2) is 15.7 Å². The number of amides is 1. The van der Waals surface area contributed by atoms with Gasteiger partial charge < -0.3 is 11.1 Å². The van der Waals surface area contributed by atoms with E-state index in [1.165, 1.54) is 10.9 Å². The third-order valence-electron chi connectivity index (χ3n) is 3.22. The van der Waals surface area contributed by atoms with Crippen molar-refractivity contribution >= 4 is 23.3 Å². The third-order valence-corrected chi connectivity index (χ3v) is 3.47. The van der Waals surface area contributed by atoms with Crippen LogP contribution in [0.4, 0.5) is 5.82 Å². The maximum absolute atomic E-state index is 12.3. The fourth-order valence-electron chi connectivity index (χ4n) is 1.91. The molecule has 0 fully saturated rings. The first kappa shape index (κ1) is 14.4. The van der Waals surface area contributed by atoms with Crippen molar-refractivity contribution in [3.05, 3.63) is 46.6 Å². The molecule has 0 saturated carbocycles. The number of aryl methyl sites for hydroxylation is 1. The Balaban J connectivity index is 2.21. The maximum atomic E-state index is 12.3. The first-order valence-electron chi connectivity index (χ1n) is 6.17. The summed E-state index contributed by atoms with van der Waals surface area (Å²) in [5.41, 5.74) is 6.59. The molecular formula is C14H17ClN4O. The number of benzene rings is 1. The minimum Gasteiger partial charge on any atom is -0.383 e.